The van der Waals surface area contributed by atoms with Crippen molar-refractivity contribution < 1.29 is 13.9 Å². The van der Waals surface area contributed by atoms with Crippen LogP contribution in [0.1, 0.15) is 18.9 Å². The maximum Gasteiger partial charge on any atom is 0.264 e. The molecule has 3 nitrogen and oxygen atoms in total. The molecular formula is C9H12F2N2O. The van der Waals surface area contributed by atoms with Gasteiger partial charge in [0.05, 0.1) is 6.10 Å². The molecule has 1 heterocycles. The van der Waals surface area contributed by atoms with Crippen molar-refractivity contribution in [2.45, 2.75) is 19.5 Å². The van der Waals surface area contributed by atoms with E-state index in [0.717, 1.165) is 0 Å². The van der Waals surface area contributed by atoms with Crippen LogP contribution in [0, 0.1) is 0 Å². The molecule has 1 aromatic heterocycles. The molecule has 0 saturated heterocycles. The van der Waals surface area contributed by atoms with Crippen LogP contribution in [-0.2, 0) is 0 Å². The van der Waals surface area contributed by atoms with E-state index < -0.39 is 12.5 Å². The summed E-state index contributed by atoms with van der Waals surface area (Å²) in [5.74, 6) is 0.351. The van der Waals surface area contributed by atoms with E-state index in [-0.39, 0.29) is 5.56 Å². The molecule has 0 bridgehead atoms. The van der Waals surface area contributed by atoms with Gasteiger partial charge in [-0.25, -0.2) is 13.8 Å². The Morgan fingerprint density at radius 1 is 1.57 bits per heavy atom. The van der Waals surface area contributed by atoms with Gasteiger partial charge in [0.1, 0.15) is 5.82 Å². The SMILES string of the molecule is C[C@H](O)CNc1cc(C(F)F)ccn1. The number of nitrogens with zero attached hydrogens (tertiary/aromatic N) is 1. The van der Waals surface area contributed by atoms with E-state index in [1.54, 1.807) is 6.92 Å². The lowest BCUT2D eigenvalue weighted by molar-refractivity contribution is 0.151. The average molecular weight is 202 g/mol. The molecule has 0 aliphatic carbocycles. The predicted octanol–water partition coefficient (Wildman–Crippen LogP) is 1.81. The number of aliphatic hydroxyl groups is 1. The second-order valence-corrected chi connectivity index (χ2v) is 3.01. The van der Waals surface area contributed by atoms with Crippen molar-refractivity contribution in [3.8, 4) is 0 Å². The summed E-state index contributed by atoms with van der Waals surface area (Å²) in [6, 6.07) is 2.53. The van der Waals surface area contributed by atoms with E-state index in [0.29, 0.717) is 12.4 Å². The third-order valence-corrected chi connectivity index (χ3v) is 1.61. The van der Waals surface area contributed by atoms with E-state index in [1.807, 2.05) is 0 Å². The van der Waals surface area contributed by atoms with Crippen molar-refractivity contribution in [3.63, 3.8) is 0 Å². The Kier molecular flexibility index (Phi) is 3.76. The molecule has 0 aromatic carbocycles. The fourth-order valence-electron chi connectivity index (χ4n) is 0.932. The first-order valence-corrected chi connectivity index (χ1v) is 4.25. The van der Waals surface area contributed by atoms with Gasteiger partial charge >= 0.3 is 0 Å². The number of pyridine rings is 1. The summed E-state index contributed by atoms with van der Waals surface area (Å²) in [5, 5.41) is 11.7. The Balaban J connectivity index is 2.64. The molecule has 0 aliphatic heterocycles. The summed E-state index contributed by atoms with van der Waals surface area (Å²) in [6.07, 6.45) is -1.72. The van der Waals surface area contributed by atoms with Gasteiger partial charge in [-0.3, -0.25) is 0 Å². The summed E-state index contributed by atoms with van der Waals surface area (Å²) in [7, 11) is 0. The molecule has 5 heteroatoms. The van der Waals surface area contributed by atoms with Gasteiger partial charge in [0.15, 0.2) is 0 Å². The number of aliphatic hydroxyl groups excluding tert-OH is 1. The quantitative estimate of drug-likeness (QED) is 0.782. The Labute approximate surface area is 80.8 Å². The first-order chi connectivity index (χ1) is 6.59. The predicted molar refractivity (Wildman–Crippen MR) is 49.4 cm³/mol. The Bertz CT molecular complexity index is 292. The monoisotopic (exact) mass is 202 g/mol. The third-order valence-electron chi connectivity index (χ3n) is 1.61. The van der Waals surface area contributed by atoms with Crippen LogP contribution in [0.15, 0.2) is 18.3 Å². The average Bonchev–Trinajstić information content (AvgIpc) is 2.15. The summed E-state index contributed by atoms with van der Waals surface area (Å²) in [6.45, 7) is 1.89. The highest BCUT2D eigenvalue weighted by Crippen LogP contribution is 2.19. The number of aromatic nitrogens is 1. The van der Waals surface area contributed by atoms with E-state index in [9.17, 15) is 8.78 Å². The van der Waals surface area contributed by atoms with Crippen LogP contribution in [0.25, 0.3) is 0 Å². The second-order valence-electron chi connectivity index (χ2n) is 3.01. The van der Waals surface area contributed by atoms with Gasteiger partial charge < -0.3 is 10.4 Å². The number of anilines is 1. The molecule has 1 aromatic rings. The van der Waals surface area contributed by atoms with Crippen molar-refractivity contribution in [2.75, 3.05) is 11.9 Å². The molecule has 0 radical (unpaired) electrons. The topological polar surface area (TPSA) is 45.1 Å². The first-order valence-electron chi connectivity index (χ1n) is 4.25. The number of halogens is 2. The molecular weight excluding hydrogens is 190 g/mol. The van der Waals surface area contributed by atoms with E-state index >= 15 is 0 Å². The van der Waals surface area contributed by atoms with Gasteiger partial charge in [-0.15, -0.1) is 0 Å². The van der Waals surface area contributed by atoms with Crippen molar-refractivity contribution >= 4 is 5.82 Å². The minimum absolute atomic E-state index is 0.0758. The molecule has 0 saturated carbocycles. The maximum absolute atomic E-state index is 12.2. The first kappa shape index (κ1) is 10.8. The Hall–Kier alpha value is -1.23. The van der Waals surface area contributed by atoms with Gasteiger partial charge in [-0.2, -0.15) is 0 Å². The molecule has 1 rings (SSSR count). The van der Waals surface area contributed by atoms with E-state index in [1.165, 1.54) is 18.3 Å². The van der Waals surface area contributed by atoms with Crippen LogP contribution in [0.3, 0.4) is 0 Å². The summed E-state index contributed by atoms with van der Waals surface area (Å²) in [4.78, 5) is 3.84. The Morgan fingerprint density at radius 3 is 2.86 bits per heavy atom. The molecule has 14 heavy (non-hydrogen) atoms. The summed E-state index contributed by atoms with van der Waals surface area (Å²) in [5.41, 5.74) is -0.0758. The minimum atomic E-state index is -2.50. The van der Waals surface area contributed by atoms with Crippen LogP contribution in [0.2, 0.25) is 0 Å². The van der Waals surface area contributed by atoms with Crippen LogP contribution in [-0.4, -0.2) is 22.7 Å². The van der Waals surface area contributed by atoms with Crippen LogP contribution in [0.5, 0.6) is 0 Å². The molecule has 2 N–H and O–H groups in total. The van der Waals surface area contributed by atoms with Crippen molar-refractivity contribution in [2.24, 2.45) is 0 Å². The normalized spacial score (nSPS) is 12.9. The number of hydrogen-bond donors (Lipinski definition) is 2. The zero-order valence-corrected chi connectivity index (χ0v) is 7.74. The molecule has 1 atom stereocenters. The standard InChI is InChI=1S/C9H12F2N2O/c1-6(14)5-13-8-4-7(9(10)11)2-3-12-8/h2-4,6,9,14H,5H2,1H3,(H,12,13)/t6-/m0/s1. The molecule has 0 fully saturated rings. The lowest BCUT2D eigenvalue weighted by Crippen LogP contribution is -2.16. The minimum Gasteiger partial charge on any atom is -0.392 e. The third kappa shape index (κ3) is 3.26. The lowest BCUT2D eigenvalue weighted by atomic mass is 10.2. The van der Waals surface area contributed by atoms with Gasteiger partial charge in [-0.1, -0.05) is 0 Å². The van der Waals surface area contributed by atoms with E-state index in [2.05, 4.69) is 10.3 Å². The number of hydrogen-bond acceptors (Lipinski definition) is 3. The number of alkyl halides is 2. The fourth-order valence-corrected chi connectivity index (χ4v) is 0.932. The number of rotatable bonds is 4. The van der Waals surface area contributed by atoms with E-state index in [4.69, 9.17) is 5.11 Å². The van der Waals surface area contributed by atoms with Crippen LogP contribution >= 0.6 is 0 Å². The molecule has 0 unspecified atom stereocenters. The van der Waals surface area contributed by atoms with Gasteiger partial charge in [0.25, 0.3) is 6.43 Å². The molecule has 78 valence electrons. The van der Waals surface area contributed by atoms with Crippen molar-refractivity contribution in [1.82, 2.24) is 4.98 Å². The zero-order valence-electron chi connectivity index (χ0n) is 7.74. The zero-order chi connectivity index (χ0) is 10.6. The fraction of sp³-hybridized carbons (Fsp3) is 0.444. The van der Waals surface area contributed by atoms with Crippen molar-refractivity contribution in [1.29, 1.82) is 0 Å². The number of nitrogens with one attached hydrogen (secondary N) is 1. The molecule has 0 spiro atoms. The summed E-state index contributed by atoms with van der Waals surface area (Å²) >= 11 is 0. The lowest BCUT2D eigenvalue weighted by Gasteiger charge is -2.08. The van der Waals surface area contributed by atoms with Gasteiger partial charge in [0, 0.05) is 18.3 Å². The maximum atomic E-state index is 12.2. The Morgan fingerprint density at radius 2 is 2.29 bits per heavy atom. The van der Waals surface area contributed by atoms with Crippen LogP contribution < -0.4 is 5.32 Å². The van der Waals surface area contributed by atoms with Gasteiger partial charge in [0.2, 0.25) is 0 Å². The summed E-state index contributed by atoms with van der Waals surface area (Å²) < 4.78 is 24.5. The highest BCUT2D eigenvalue weighted by atomic mass is 19.3. The smallest absolute Gasteiger partial charge is 0.264 e. The van der Waals surface area contributed by atoms with Gasteiger partial charge in [-0.05, 0) is 19.1 Å². The molecule has 0 amide bonds. The van der Waals surface area contributed by atoms with Crippen molar-refractivity contribution in [3.05, 3.63) is 23.9 Å². The largest absolute Gasteiger partial charge is 0.392 e. The second kappa shape index (κ2) is 4.85. The highest BCUT2D eigenvalue weighted by molar-refractivity contribution is 5.37. The highest BCUT2D eigenvalue weighted by Gasteiger charge is 2.07. The van der Waals surface area contributed by atoms with Crippen LogP contribution in [0.4, 0.5) is 14.6 Å². The molecule has 0 aliphatic rings.